The molecule has 6 nitrogen and oxygen atoms in total. The standard InChI is InChI=1S/C20H29N5O/c1-14-8-9-17(12-15(14)2)23-20(10-6-5-7-11-20)19(26)22-16(3)18-24-21-13-25(18)4/h8-9,12-13,16,23H,5-7,10-11H2,1-4H3,(H,22,26)/t16-/m1/s1. The number of rotatable bonds is 5. The van der Waals surface area contributed by atoms with Gasteiger partial charge in [0.2, 0.25) is 5.91 Å². The van der Waals surface area contributed by atoms with Crippen LogP contribution in [-0.4, -0.2) is 26.2 Å². The molecule has 2 N–H and O–H groups in total. The van der Waals surface area contributed by atoms with Crippen molar-refractivity contribution in [2.45, 2.75) is 64.5 Å². The van der Waals surface area contributed by atoms with E-state index in [9.17, 15) is 4.79 Å². The Morgan fingerprint density at radius 2 is 1.92 bits per heavy atom. The fourth-order valence-electron chi connectivity index (χ4n) is 3.74. The molecular formula is C20H29N5O. The summed E-state index contributed by atoms with van der Waals surface area (Å²) in [5.74, 6) is 0.807. The fraction of sp³-hybridized carbons (Fsp3) is 0.550. The summed E-state index contributed by atoms with van der Waals surface area (Å²) in [6.07, 6.45) is 6.64. The first-order valence-electron chi connectivity index (χ1n) is 9.41. The van der Waals surface area contributed by atoms with Gasteiger partial charge in [-0.3, -0.25) is 4.79 Å². The van der Waals surface area contributed by atoms with Gasteiger partial charge in [-0.2, -0.15) is 0 Å². The third kappa shape index (κ3) is 3.74. The number of nitrogens with zero attached hydrogens (tertiary/aromatic N) is 3. The number of aromatic nitrogens is 3. The zero-order valence-corrected chi connectivity index (χ0v) is 16.2. The van der Waals surface area contributed by atoms with Crippen LogP contribution in [0.1, 0.15) is 62.0 Å². The van der Waals surface area contributed by atoms with Crippen LogP contribution in [0.2, 0.25) is 0 Å². The van der Waals surface area contributed by atoms with Crippen molar-refractivity contribution >= 4 is 11.6 Å². The van der Waals surface area contributed by atoms with Crippen molar-refractivity contribution < 1.29 is 4.79 Å². The van der Waals surface area contributed by atoms with Gasteiger partial charge in [0, 0.05) is 12.7 Å². The van der Waals surface area contributed by atoms with Crippen LogP contribution in [0.15, 0.2) is 24.5 Å². The number of anilines is 1. The van der Waals surface area contributed by atoms with E-state index >= 15 is 0 Å². The molecule has 0 radical (unpaired) electrons. The zero-order chi connectivity index (χ0) is 18.7. The van der Waals surface area contributed by atoms with Crippen LogP contribution in [0.3, 0.4) is 0 Å². The normalized spacial score (nSPS) is 17.5. The molecule has 1 aliphatic carbocycles. The van der Waals surface area contributed by atoms with Crippen molar-refractivity contribution in [1.29, 1.82) is 0 Å². The summed E-state index contributed by atoms with van der Waals surface area (Å²) in [6, 6.07) is 6.12. The minimum atomic E-state index is -0.563. The molecule has 140 valence electrons. The monoisotopic (exact) mass is 355 g/mol. The Balaban J connectivity index is 1.81. The first kappa shape index (κ1) is 18.4. The maximum absolute atomic E-state index is 13.3. The van der Waals surface area contributed by atoms with Crippen molar-refractivity contribution in [1.82, 2.24) is 20.1 Å². The highest BCUT2D eigenvalue weighted by molar-refractivity contribution is 5.89. The van der Waals surface area contributed by atoms with Gasteiger partial charge in [-0.1, -0.05) is 25.3 Å². The third-order valence-corrected chi connectivity index (χ3v) is 5.51. The molecule has 1 aliphatic rings. The highest BCUT2D eigenvalue weighted by Crippen LogP contribution is 2.33. The lowest BCUT2D eigenvalue weighted by Crippen LogP contribution is -2.54. The zero-order valence-electron chi connectivity index (χ0n) is 16.2. The second kappa shape index (κ2) is 7.48. The minimum Gasteiger partial charge on any atom is -0.371 e. The summed E-state index contributed by atoms with van der Waals surface area (Å²) < 4.78 is 1.84. The van der Waals surface area contributed by atoms with E-state index in [1.165, 1.54) is 17.5 Å². The molecule has 1 fully saturated rings. The number of hydrogen-bond acceptors (Lipinski definition) is 4. The van der Waals surface area contributed by atoms with Crippen molar-refractivity contribution in [2.24, 2.45) is 7.05 Å². The lowest BCUT2D eigenvalue weighted by Gasteiger charge is -2.38. The molecule has 2 aromatic rings. The van der Waals surface area contributed by atoms with Crippen molar-refractivity contribution in [3.05, 3.63) is 41.5 Å². The first-order valence-corrected chi connectivity index (χ1v) is 9.41. The molecule has 0 bridgehead atoms. The van der Waals surface area contributed by atoms with E-state index in [4.69, 9.17) is 0 Å². The second-order valence-corrected chi connectivity index (χ2v) is 7.56. The Bertz CT molecular complexity index is 776. The molecular weight excluding hydrogens is 326 g/mol. The summed E-state index contributed by atoms with van der Waals surface area (Å²) in [5.41, 5.74) is 2.94. The first-order chi connectivity index (χ1) is 12.4. The number of benzene rings is 1. The van der Waals surface area contributed by atoms with E-state index in [1.54, 1.807) is 6.33 Å². The van der Waals surface area contributed by atoms with Gasteiger partial charge in [0.25, 0.3) is 0 Å². The van der Waals surface area contributed by atoms with Crippen LogP contribution >= 0.6 is 0 Å². The van der Waals surface area contributed by atoms with Crippen molar-refractivity contribution in [3.63, 3.8) is 0 Å². The molecule has 3 rings (SSSR count). The Hall–Kier alpha value is -2.37. The van der Waals surface area contributed by atoms with Gasteiger partial charge in [0.1, 0.15) is 11.9 Å². The maximum Gasteiger partial charge on any atom is 0.246 e. The average molecular weight is 355 g/mol. The van der Waals surface area contributed by atoms with Gasteiger partial charge < -0.3 is 15.2 Å². The average Bonchev–Trinajstić information content (AvgIpc) is 3.05. The quantitative estimate of drug-likeness (QED) is 0.862. The smallest absolute Gasteiger partial charge is 0.246 e. The second-order valence-electron chi connectivity index (χ2n) is 7.56. The number of nitrogens with one attached hydrogen (secondary N) is 2. The van der Waals surface area contributed by atoms with E-state index in [0.717, 1.165) is 37.2 Å². The molecule has 1 saturated carbocycles. The van der Waals surface area contributed by atoms with Gasteiger partial charge in [0.15, 0.2) is 5.82 Å². The van der Waals surface area contributed by atoms with Crippen LogP contribution in [0.25, 0.3) is 0 Å². The largest absolute Gasteiger partial charge is 0.371 e. The van der Waals surface area contributed by atoms with Crippen LogP contribution in [0.5, 0.6) is 0 Å². The summed E-state index contributed by atoms with van der Waals surface area (Å²) in [4.78, 5) is 13.3. The molecule has 0 aliphatic heterocycles. The number of aryl methyl sites for hydroxylation is 3. The van der Waals surface area contributed by atoms with E-state index < -0.39 is 5.54 Å². The predicted molar refractivity (Wildman–Crippen MR) is 103 cm³/mol. The van der Waals surface area contributed by atoms with Gasteiger partial charge in [-0.25, -0.2) is 0 Å². The van der Waals surface area contributed by atoms with Gasteiger partial charge >= 0.3 is 0 Å². The van der Waals surface area contributed by atoms with E-state index in [0.29, 0.717) is 0 Å². The minimum absolute atomic E-state index is 0.0472. The Morgan fingerprint density at radius 3 is 2.54 bits per heavy atom. The van der Waals surface area contributed by atoms with Crippen LogP contribution in [-0.2, 0) is 11.8 Å². The third-order valence-electron chi connectivity index (χ3n) is 5.51. The van der Waals surface area contributed by atoms with Crippen LogP contribution < -0.4 is 10.6 Å². The molecule has 1 aromatic heterocycles. The van der Waals surface area contributed by atoms with Gasteiger partial charge in [-0.05, 0) is 56.9 Å². The highest BCUT2D eigenvalue weighted by atomic mass is 16.2. The molecule has 0 saturated heterocycles. The topological polar surface area (TPSA) is 71.8 Å². The van der Waals surface area contributed by atoms with Crippen LogP contribution in [0.4, 0.5) is 5.69 Å². The summed E-state index contributed by atoms with van der Waals surface area (Å²) in [7, 11) is 1.89. The Kier molecular flexibility index (Phi) is 5.30. The lowest BCUT2D eigenvalue weighted by atomic mass is 9.80. The van der Waals surface area contributed by atoms with Crippen LogP contribution in [0, 0.1) is 13.8 Å². The number of carbonyl (C=O) groups is 1. The maximum atomic E-state index is 13.3. The van der Waals surface area contributed by atoms with Crippen molar-refractivity contribution in [2.75, 3.05) is 5.32 Å². The van der Waals surface area contributed by atoms with Gasteiger partial charge in [-0.15, -0.1) is 10.2 Å². The van der Waals surface area contributed by atoms with E-state index in [1.807, 2.05) is 18.5 Å². The number of hydrogen-bond donors (Lipinski definition) is 2. The summed E-state index contributed by atoms with van der Waals surface area (Å²) in [6.45, 7) is 6.16. The summed E-state index contributed by atoms with van der Waals surface area (Å²) in [5, 5.41) is 14.8. The molecule has 1 aromatic carbocycles. The van der Waals surface area contributed by atoms with Crippen molar-refractivity contribution in [3.8, 4) is 0 Å². The Labute approximate surface area is 155 Å². The molecule has 26 heavy (non-hydrogen) atoms. The molecule has 6 heteroatoms. The highest BCUT2D eigenvalue weighted by Gasteiger charge is 2.40. The number of amides is 1. The van der Waals surface area contributed by atoms with Gasteiger partial charge in [0.05, 0.1) is 6.04 Å². The van der Waals surface area contributed by atoms with E-state index in [-0.39, 0.29) is 11.9 Å². The molecule has 1 atom stereocenters. The Morgan fingerprint density at radius 1 is 1.19 bits per heavy atom. The summed E-state index contributed by atoms with van der Waals surface area (Å²) >= 11 is 0. The molecule has 0 unspecified atom stereocenters. The molecule has 1 amide bonds. The lowest BCUT2D eigenvalue weighted by molar-refractivity contribution is -0.127. The number of carbonyl (C=O) groups excluding carboxylic acids is 1. The molecule has 1 heterocycles. The molecule has 0 spiro atoms. The SMILES string of the molecule is Cc1ccc(NC2(C(=O)N[C@H](C)c3nncn3C)CCCCC2)cc1C. The fourth-order valence-corrected chi connectivity index (χ4v) is 3.74. The predicted octanol–water partition coefficient (Wildman–Crippen LogP) is 3.42. The van der Waals surface area contributed by atoms with E-state index in [2.05, 4.69) is 52.9 Å².